The van der Waals surface area contributed by atoms with Gasteiger partial charge in [0.05, 0.1) is 11.2 Å². The van der Waals surface area contributed by atoms with Crippen LogP contribution in [0.5, 0.6) is 0 Å². The normalized spacial score (nSPS) is 14.3. The molecule has 190 valence electrons. The summed E-state index contributed by atoms with van der Waals surface area (Å²) < 4.78 is 0. The molecule has 38 heavy (non-hydrogen) atoms. The van der Waals surface area contributed by atoms with E-state index in [-0.39, 0.29) is 11.3 Å². The van der Waals surface area contributed by atoms with Crippen molar-refractivity contribution in [3.8, 4) is 11.1 Å². The first-order valence-corrected chi connectivity index (χ1v) is 12.7. The number of benzene rings is 3. The highest BCUT2D eigenvalue weighted by Gasteiger charge is 2.31. The number of aromatic nitrogens is 4. The lowest BCUT2D eigenvalue weighted by atomic mass is 9.78. The molecule has 0 saturated heterocycles. The topological polar surface area (TPSA) is 105 Å². The van der Waals surface area contributed by atoms with Crippen molar-refractivity contribution in [3.63, 3.8) is 0 Å². The Labute approximate surface area is 220 Å². The van der Waals surface area contributed by atoms with Crippen molar-refractivity contribution in [2.45, 2.75) is 39.5 Å². The van der Waals surface area contributed by atoms with Gasteiger partial charge in [-0.15, -0.1) is 5.10 Å². The minimum Gasteiger partial charge on any atom is -0.357 e. The minimum atomic E-state index is -0.210. The minimum absolute atomic E-state index is 0.0308. The quantitative estimate of drug-likeness (QED) is 0.266. The monoisotopic (exact) mass is 503 g/mol. The first-order chi connectivity index (χ1) is 18.2. The average molecular weight is 504 g/mol. The van der Waals surface area contributed by atoms with Gasteiger partial charge in [-0.3, -0.25) is 4.79 Å². The number of carbonyl (C=O) groups is 1. The molecule has 0 unspecified atom stereocenters. The molecule has 0 atom stereocenters. The van der Waals surface area contributed by atoms with Crippen LogP contribution in [0.15, 0.2) is 54.7 Å². The van der Waals surface area contributed by atoms with E-state index in [1.165, 1.54) is 0 Å². The first kappa shape index (κ1) is 23.8. The summed E-state index contributed by atoms with van der Waals surface area (Å²) in [5.74, 6) is 1.29. The zero-order chi connectivity index (χ0) is 26.6. The van der Waals surface area contributed by atoms with E-state index < -0.39 is 0 Å². The third-order valence-corrected chi connectivity index (χ3v) is 7.31. The number of rotatable bonds is 4. The number of fused-ring (bicyclic) bond motifs is 3. The molecule has 0 radical (unpaired) electrons. The largest absolute Gasteiger partial charge is 0.357 e. The maximum atomic E-state index is 12.3. The van der Waals surface area contributed by atoms with Crippen molar-refractivity contribution in [2.24, 2.45) is 0 Å². The molecule has 1 aliphatic rings. The third kappa shape index (κ3) is 3.98. The number of hydrogen-bond acceptors (Lipinski definition) is 7. The highest BCUT2D eigenvalue weighted by Crippen LogP contribution is 2.40. The SMILES string of the molecule is CNc1ncc2cc(-c3c(C)ccc4c(Nc5ccc6c(c5)NC(=O)CC6(C)C)nnc(C)c34)ccc2n1. The molecule has 5 aromatic rings. The standard InChI is InChI=1S/C30H29N7O/c1-16-6-9-21-27(26(16)18-7-11-23-19(12-18)15-32-29(31-5)35-23)17(2)36-37-28(21)33-20-8-10-22-24(13-20)34-25(38)14-30(22,3)4/h6-13,15H,14H2,1-5H3,(H,33,37)(H,34,38)(H,31,32,35). The van der Waals surface area contributed by atoms with Crippen molar-refractivity contribution in [3.05, 3.63) is 71.5 Å². The molecule has 1 amide bonds. The molecule has 6 rings (SSSR count). The van der Waals surface area contributed by atoms with E-state index >= 15 is 0 Å². The van der Waals surface area contributed by atoms with Crippen LogP contribution in [0.25, 0.3) is 32.8 Å². The molecular formula is C30H29N7O. The van der Waals surface area contributed by atoms with E-state index in [1.54, 1.807) is 0 Å². The van der Waals surface area contributed by atoms with Crippen LogP contribution in [0.3, 0.4) is 0 Å². The predicted octanol–water partition coefficient (Wildman–Crippen LogP) is 6.26. The lowest BCUT2D eigenvalue weighted by molar-refractivity contribution is -0.117. The van der Waals surface area contributed by atoms with Crippen molar-refractivity contribution >= 4 is 50.7 Å². The van der Waals surface area contributed by atoms with Crippen molar-refractivity contribution < 1.29 is 4.79 Å². The summed E-state index contributed by atoms with van der Waals surface area (Å²) in [6.07, 6.45) is 2.31. The van der Waals surface area contributed by atoms with Crippen molar-refractivity contribution in [1.29, 1.82) is 0 Å². The van der Waals surface area contributed by atoms with Crippen LogP contribution in [0.2, 0.25) is 0 Å². The summed E-state index contributed by atoms with van der Waals surface area (Å²) in [5.41, 5.74) is 7.65. The van der Waals surface area contributed by atoms with E-state index in [9.17, 15) is 4.79 Å². The number of aryl methyl sites for hydroxylation is 2. The molecule has 0 bridgehead atoms. The van der Waals surface area contributed by atoms with Crippen molar-refractivity contribution in [2.75, 3.05) is 23.0 Å². The van der Waals surface area contributed by atoms with Gasteiger partial charge >= 0.3 is 0 Å². The Morgan fingerprint density at radius 2 is 1.84 bits per heavy atom. The predicted molar refractivity (Wildman–Crippen MR) is 153 cm³/mol. The Bertz CT molecular complexity index is 1760. The average Bonchev–Trinajstić information content (AvgIpc) is 2.89. The van der Waals surface area contributed by atoms with Crippen LogP contribution < -0.4 is 16.0 Å². The third-order valence-electron chi connectivity index (χ3n) is 7.31. The summed E-state index contributed by atoms with van der Waals surface area (Å²) in [6, 6.07) is 16.5. The Morgan fingerprint density at radius 1 is 1.00 bits per heavy atom. The molecule has 8 heteroatoms. The summed E-state index contributed by atoms with van der Waals surface area (Å²) in [4.78, 5) is 21.2. The highest BCUT2D eigenvalue weighted by molar-refractivity contribution is 6.06. The Kier molecular flexibility index (Phi) is 5.48. The molecule has 3 N–H and O–H groups in total. The number of carbonyl (C=O) groups excluding carboxylic acids is 1. The number of amides is 1. The Hall–Kier alpha value is -4.59. The maximum Gasteiger partial charge on any atom is 0.225 e. The zero-order valence-electron chi connectivity index (χ0n) is 22.1. The Balaban J connectivity index is 1.46. The number of anilines is 4. The second-order valence-electron chi connectivity index (χ2n) is 10.5. The van der Waals surface area contributed by atoms with E-state index in [2.05, 4.69) is 87.2 Å². The summed E-state index contributed by atoms with van der Waals surface area (Å²) >= 11 is 0. The smallest absolute Gasteiger partial charge is 0.225 e. The van der Waals surface area contributed by atoms with Gasteiger partial charge < -0.3 is 16.0 Å². The van der Waals surface area contributed by atoms with Crippen LogP contribution in [0.4, 0.5) is 23.1 Å². The molecule has 3 heterocycles. The van der Waals surface area contributed by atoms with Gasteiger partial charge in [-0.1, -0.05) is 38.1 Å². The highest BCUT2D eigenvalue weighted by atomic mass is 16.1. The molecular weight excluding hydrogens is 474 g/mol. The molecule has 3 aromatic carbocycles. The number of nitrogens with zero attached hydrogens (tertiary/aromatic N) is 4. The van der Waals surface area contributed by atoms with Gasteiger partial charge in [0.15, 0.2) is 5.82 Å². The Morgan fingerprint density at radius 3 is 2.66 bits per heavy atom. The second-order valence-corrected chi connectivity index (χ2v) is 10.5. The lowest BCUT2D eigenvalue weighted by Gasteiger charge is -2.32. The van der Waals surface area contributed by atoms with Gasteiger partial charge in [0.25, 0.3) is 0 Å². The van der Waals surface area contributed by atoms with Gasteiger partial charge in [0, 0.05) is 52.6 Å². The second kappa shape index (κ2) is 8.76. The first-order valence-electron chi connectivity index (χ1n) is 12.7. The fourth-order valence-electron chi connectivity index (χ4n) is 5.43. The summed E-state index contributed by atoms with van der Waals surface area (Å²) in [7, 11) is 1.81. The van der Waals surface area contributed by atoms with Gasteiger partial charge in [0.1, 0.15) is 0 Å². The van der Waals surface area contributed by atoms with Gasteiger partial charge in [-0.2, -0.15) is 5.10 Å². The molecule has 0 fully saturated rings. The lowest BCUT2D eigenvalue weighted by Crippen LogP contribution is -2.32. The molecule has 0 saturated carbocycles. The van der Waals surface area contributed by atoms with Crippen LogP contribution in [0, 0.1) is 13.8 Å². The summed E-state index contributed by atoms with van der Waals surface area (Å²) in [5, 5.41) is 21.5. The fraction of sp³-hybridized carbons (Fsp3) is 0.233. The molecule has 1 aliphatic heterocycles. The number of hydrogen-bond donors (Lipinski definition) is 3. The van der Waals surface area contributed by atoms with Crippen LogP contribution in [-0.2, 0) is 10.2 Å². The zero-order valence-corrected chi connectivity index (χ0v) is 22.1. The van der Waals surface area contributed by atoms with E-state index in [4.69, 9.17) is 0 Å². The van der Waals surface area contributed by atoms with Gasteiger partial charge in [-0.25, -0.2) is 9.97 Å². The van der Waals surface area contributed by atoms with E-state index in [0.29, 0.717) is 18.2 Å². The molecule has 2 aromatic heterocycles. The molecule has 0 aliphatic carbocycles. The van der Waals surface area contributed by atoms with Crippen molar-refractivity contribution in [1.82, 2.24) is 20.2 Å². The van der Waals surface area contributed by atoms with Crippen LogP contribution in [-0.4, -0.2) is 33.1 Å². The maximum absolute atomic E-state index is 12.3. The fourth-order valence-corrected chi connectivity index (χ4v) is 5.43. The van der Waals surface area contributed by atoms with Crippen LogP contribution >= 0.6 is 0 Å². The molecule has 0 spiro atoms. The molecule has 8 nitrogen and oxygen atoms in total. The van der Waals surface area contributed by atoms with E-state index in [1.807, 2.05) is 38.4 Å². The summed E-state index contributed by atoms with van der Waals surface area (Å²) in [6.45, 7) is 8.29. The number of nitrogens with one attached hydrogen (secondary N) is 3. The van der Waals surface area contributed by atoms with Crippen LogP contribution in [0.1, 0.15) is 37.1 Å². The van der Waals surface area contributed by atoms with Gasteiger partial charge in [0.2, 0.25) is 11.9 Å². The van der Waals surface area contributed by atoms with Gasteiger partial charge in [-0.05, 0) is 60.4 Å². The van der Waals surface area contributed by atoms with E-state index in [0.717, 1.165) is 61.0 Å².